The molecule has 0 radical (unpaired) electrons. The van der Waals surface area contributed by atoms with Crippen molar-refractivity contribution in [2.45, 2.75) is 13.0 Å². The average molecular weight is 374 g/mol. The van der Waals surface area contributed by atoms with Crippen LogP contribution in [0.15, 0.2) is 67.1 Å². The number of benzene rings is 1. The van der Waals surface area contributed by atoms with Crippen LogP contribution < -0.4 is 15.4 Å². The lowest BCUT2D eigenvalue weighted by molar-refractivity contribution is -0.605. The zero-order valence-corrected chi connectivity index (χ0v) is 15.1. The van der Waals surface area contributed by atoms with Gasteiger partial charge >= 0.3 is 6.03 Å². The molecular formula is C20H18N6O2. The molecule has 0 bridgehead atoms. The minimum Gasteiger partial charge on any atom is -0.619 e. The zero-order chi connectivity index (χ0) is 19.5. The lowest BCUT2D eigenvalue weighted by atomic mass is 10.1. The van der Waals surface area contributed by atoms with Crippen LogP contribution in [-0.4, -0.2) is 21.2 Å². The van der Waals surface area contributed by atoms with Gasteiger partial charge in [0.1, 0.15) is 11.5 Å². The van der Waals surface area contributed by atoms with E-state index in [4.69, 9.17) is 0 Å². The van der Waals surface area contributed by atoms with E-state index in [1.165, 1.54) is 12.4 Å². The van der Waals surface area contributed by atoms with Gasteiger partial charge < -0.3 is 10.5 Å². The molecule has 1 aromatic carbocycles. The van der Waals surface area contributed by atoms with Gasteiger partial charge in [0.05, 0.1) is 11.6 Å². The SMILES string of the molecule is C[C@@H](NC(=O)Nc1cc2[nH]nc(-c3cc[n+]([O-])cc3)c2cn1)c1ccccc1. The number of anilines is 1. The van der Waals surface area contributed by atoms with Gasteiger partial charge in [0.2, 0.25) is 0 Å². The lowest BCUT2D eigenvalue weighted by Crippen LogP contribution is -2.31. The van der Waals surface area contributed by atoms with Crippen molar-refractivity contribution < 1.29 is 9.52 Å². The molecule has 0 aliphatic carbocycles. The van der Waals surface area contributed by atoms with Gasteiger partial charge in [-0.1, -0.05) is 30.3 Å². The second kappa shape index (κ2) is 7.36. The smallest absolute Gasteiger partial charge is 0.320 e. The van der Waals surface area contributed by atoms with Crippen LogP contribution in [0, 0.1) is 5.21 Å². The molecular weight excluding hydrogens is 356 g/mol. The molecule has 8 heteroatoms. The topological polar surface area (TPSA) is 110 Å². The second-order valence-electron chi connectivity index (χ2n) is 6.36. The Morgan fingerprint density at radius 2 is 1.93 bits per heavy atom. The molecule has 3 heterocycles. The quantitative estimate of drug-likeness (QED) is 0.376. The third-order valence-electron chi connectivity index (χ3n) is 4.41. The van der Waals surface area contributed by atoms with Crippen LogP contribution in [0.2, 0.25) is 0 Å². The third-order valence-corrected chi connectivity index (χ3v) is 4.41. The summed E-state index contributed by atoms with van der Waals surface area (Å²) >= 11 is 0. The molecule has 0 fully saturated rings. The summed E-state index contributed by atoms with van der Waals surface area (Å²) in [6, 6.07) is 14.3. The Morgan fingerprint density at radius 3 is 2.68 bits per heavy atom. The van der Waals surface area contributed by atoms with E-state index in [1.807, 2.05) is 37.3 Å². The second-order valence-corrected chi connectivity index (χ2v) is 6.36. The Morgan fingerprint density at radius 1 is 1.18 bits per heavy atom. The summed E-state index contributed by atoms with van der Waals surface area (Å²) in [6.45, 7) is 1.91. The van der Waals surface area contributed by atoms with Crippen molar-refractivity contribution in [2.24, 2.45) is 0 Å². The molecule has 0 aliphatic rings. The number of pyridine rings is 2. The van der Waals surface area contributed by atoms with Crippen LogP contribution in [0.4, 0.5) is 10.6 Å². The van der Waals surface area contributed by atoms with Gasteiger partial charge in [-0.15, -0.1) is 0 Å². The van der Waals surface area contributed by atoms with Crippen LogP contribution in [0.3, 0.4) is 0 Å². The molecule has 28 heavy (non-hydrogen) atoms. The van der Waals surface area contributed by atoms with Gasteiger partial charge in [-0.3, -0.25) is 10.4 Å². The number of H-pyrrole nitrogens is 1. The van der Waals surface area contributed by atoms with E-state index in [-0.39, 0.29) is 12.1 Å². The van der Waals surface area contributed by atoms with Gasteiger partial charge in [0.15, 0.2) is 12.4 Å². The van der Waals surface area contributed by atoms with Crippen molar-refractivity contribution in [2.75, 3.05) is 5.32 Å². The van der Waals surface area contributed by atoms with E-state index >= 15 is 0 Å². The molecule has 4 rings (SSSR count). The Hall–Kier alpha value is -3.94. The first-order valence-electron chi connectivity index (χ1n) is 8.76. The normalized spacial score (nSPS) is 11.9. The number of urea groups is 1. The number of amides is 2. The van der Waals surface area contributed by atoms with Crippen LogP contribution >= 0.6 is 0 Å². The molecule has 0 saturated carbocycles. The van der Waals surface area contributed by atoms with Gasteiger partial charge in [-0.05, 0) is 12.5 Å². The maximum atomic E-state index is 12.3. The summed E-state index contributed by atoms with van der Waals surface area (Å²) in [6.07, 6.45) is 4.47. The zero-order valence-electron chi connectivity index (χ0n) is 15.1. The molecule has 0 spiro atoms. The highest BCUT2D eigenvalue weighted by atomic mass is 16.5. The molecule has 3 aromatic heterocycles. The number of carbonyl (C=O) groups is 1. The fourth-order valence-electron chi connectivity index (χ4n) is 2.95. The van der Waals surface area contributed by atoms with Crippen molar-refractivity contribution in [1.82, 2.24) is 20.5 Å². The van der Waals surface area contributed by atoms with Gasteiger partial charge in [0, 0.05) is 35.3 Å². The Kier molecular flexibility index (Phi) is 4.59. The first kappa shape index (κ1) is 17.5. The maximum Gasteiger partial charge on any atom is 0.320 e. The van der Waals surface area contributed by atoms with Crippen LogP contribution in [0.1, 0.15) is 18.5 Å². The van der Waals surface area contributed by atoms with E-state index in [1.54, 1.807) is 24.4 Å². The Balaban J connectivity index is 1.49. The minimum absolute atomic E-state index is 0.134. The highest BCUT2D eigenvalue weighted by Crippen LogP contribution is 2.26. The fraction of sp³-hybridized carbons (Fsp3) is 0.100. The van der Waals surface area contributed by atoms with E-state index in [9.17, 15) is 10.0 Å². The predicted molar refractivity (Wildman–Crippen MR) is 105 cm³/mol. The Labute approximate surface area is 160 Å². The third kappa shape index (κ3) is 3.61. The van der Waals surface area contributed by atoms with Gasteiger partial charge in [-0.25, -0.2) is 9.78 Å². The van der Waals surface area contributed by atoms with E-state index in [0.717, 1.165) is 22.0 Å². The predicted octanol–water partition coefficient (Wildman–Crippen LogP) is 3.14. The van der Waals surface area contributed by atoms with E-state index in [2.05, 4.69) is 25.8 Å². The summed E-state index contributed by atoms with van der Waals surface area (Å²) in [7, 11) is 0. The van der Waals surface area contributed by atoms with Crippen molar-refractivity contribution in [3.8, 4) is 11.3 Å². The lowest BCUT2D eigenvalue weighted by Gasteiger charge is -2.14. The highest BCUT2D eigenvalue weighted by Gasteiger charge is 2.13. The number of fused-ring (bicyclic) bond motifs is 1. The number of aromatic amines is 1. The number of carbonyl (C=O) groups excluding carboxylic acids is 1. The molecule has 0 unspecified atom stereocenters. The molecule has 1 atom stereocenters. The van der Waals surface area contributed by atoms with Crippen LogP contribution in [0.5, 0.6) is 0 Å². The molecule has 0 saturated heterocycles. The number of hydrogen-bond acceptors (Lipinski definition) is 4. The van der Waals surface area contributed by atoms with Crippen molar-refractivity contribution in [3.63, 3.8) is 0 Å². The maximum absolute atomic E-state index is 12.3. The summed E-state index contributed by atoms with van der Waals surface area (Å²) in [5.41, 5.74) is 3.24. The highest BCUT2D eigenvalue weighted by molar-refractivity contribution is 5.95. The average Bonchev–Trinajstić information content (AvgIpc) is 3.12. The number of hydrogen-bond donors (Lipinski definition) is 3. The summed E-state index contributed by atoms with van der Waals surface area (Å²) in [5, 5.41) is 24.9. The number of rotatable bonds is 4. The van der Waals surface area contributed by atoms with Crippen molar-refractivity contribution >= 4 is 22.8 Å². The van der Waals surface area contributed by atoms with Gasteiger partial charge in [-0.2, -0.15) is 9.83 Å². The van der Waals surface area contributed by atoms with Crippen LogP contribution in [-0.2, 0) is 0 Å². The fourth-order valence-corrected chi connectivity index (χ4v) is 2.95. The summed E-state index contributed by atoms with van der Waals surface area (Å²) in [5.74, 6) is 0.408. The largest absolute Gasteiger partial charge is 0.619 e. The minimum atomic E-state index is -0.342. The molecule has 3 N–H and O–H groups in total. The molecule has 8 nitrogen and oxygen atoms in total. The number of aromatic nitrogens is 4. The summed E-state index contributed by atoms with van der Waals surface area (Å²) in [4.78, 5) is 16.6. The molecule has 4 aromatic rings. The monoisotopic (exact) mass is 374 g/mol. The standard InChI is InChI=1S/C20H18N6O2/c1-13(14-5-3-2-4-6-14)22-20(27)23-18-11-17-16(12-21-18)19(25-24-17)15-7-9-26(28)10-8-15/h2-13H,1H3,(H,24,25)(H2,21,22,23,27)/t13-/m1/s1. The first-order valence-corrected chi connectivity index (χ1v) is 8.76. The van der Waals surface area contributed by atoms with E-state index < -0.39 is 0 Å². The first-order chi connectivity index (χ1) is 13.6. The molecule has 0 aliphatic heterocycles. The Bertz CT molecular complexity index is 1110. The molecule has 2 amide bonds. The van der Waals surface area contributed by atoms with Gasteiger partial charge in [0.25, 0.3) is 0 Å². The molecule has 140 valence electrons. The number of nitrogens with one attached hydrogen (secondary N) is 3. The van der Waals surface area contributed by atoms with Crippen molar-refractivity contribution in [3.05, 3.63) is 77.9 Å². The van der Waals surface area contributed by atoms with Crippen LogP contribution in [0.25, 0.3) is 22.2 Å². The van der Waals surface area contributed by atoms with E-state index in [0.29, 0.717) is 16.2 Å². The van der Waals surface area contributed by atoms with Crippen molar-refractivity contribution in [1.29, 1.82) is 0 Å². The number of nitrogens with zero attached hydrogens (tertiary/aromatic N) is 3. The summed E-state index contributed by atoms with van der Waals surface area (Å²) < 4.78 is 0.716.